The van der Waals surface area contributed by atoms with Crippen LogP contribution >= 0.6 is 39.1 Å². The number of hydrogen-bond donors (Lipinski definition) is 1. The molecule has 7 heteroatoms. The summed E-state index contributed by atoms with van der Waals surface area (Å²) in [7, 11) is 0. The molecule has 3 aromatic rings. The molecule has 0 spiro atoms. The first-order valence-corrected chi connectivity index (χ1v) is 10.2. The maximum absolute atomic E-state index is 12.2. The molecule has 29 heavy (non-hydrogen) atoms. The minimum absolute atomic E-state index is 0.252. The normalized spacial score (nSPS) is 10.9. The van der Waals surface area contributed by atoms with Gasteiger partial charge in [-0.25, -0.2) is 5.43 Å². The van der Waals surface area contributed by atoms with Crippen molar-refractivity contribution in [1.82, 2.24) is 5.43 Å². The predicted molar refractivity (Wildman–Crippen MR) is 121 cm³/mol. The maximum atomic E-state index is 12.2. The molecule has 148 valence electrons. The van der Waals surface area contributed by atoms with Gasteiger partial charge in [-0.2, -0.15) is 5.10 Å². The molecule has 4 nitrogen and oxygen atoms in total. The summed E-state index contributed by atoms with van der Waals surface area (Å²) in [6.07, 6.45) is 1.57. The summed E-state index contributed by atoms with van der Waals surface area (Å²) in [4.78, 5) is 12.2. The molecule has 0 heterocycles. The lowest BCUT2D eigenvalue weighted by Crippen LogP contribution is -2.18. The van der Waals surface area contributed by atoms with E-state index in [1.807, 2.05) is 49.4 Å². The third-order valence-corrected chi connectivity index (χ3v) is 5.33. The topological polar surface area (TPSA) is 50.7 Å². The second kappa shape index (κ2) is 9.92. The van der Waals surface area contributed by atoms with Crippen LogP contribution in [0.2, 0.25) is 10.0 Å². The van der Waals surface area contributed by atoms with E-state index in [0.29, 0.717) is 28.0 Å². The monoisotopic (exact) mass is 490 g/mol. The van der Waals surface area contributed by atoms with Crippen LogP contribution < -0.4 is 10.2 Å². The van der Waals surface area contributed by atoms with Crippen molar-refractivity contribution in [2.24, 2.45) is 5.10 Å². The Bertz CT molecular complexity index is 1070. The second-order valence-corrected chi connectivity index (χ2v) is 7.93. The van der Waals surface area contributed by atoms with Gasteiger partial charge in [-0.15, -0.1) is 0 Å². The summed E-state index contributed by atoms with van der Waals surface area (Å²) in [6.45, 7) is 2.19. The van der Waals surface area contributed by atoms with Crippen LogP contribution in [0.4, 0.5) is 0 Å². The molecular weight excluding hydrogens is 475 g/mol. The smallest absolute Gasteiger partial charge is 0.271 e. The Labute approximate surface area is 187 Å². The number of carbonyl (C=O) groups is 1. The Hall–Kier alpha value is -2.34. The zero-order chi connectivity index (χ0) is 20.8. The number of rotatable bonds is 6. The molecule has 0 aliphatic carbocycles. The molecule has 0 atom stereocenters. The van der Waals surface area contributed by atoms with Crippen LogP contribution in [0.5, 0.6) is 5.75 Å². The number of hydrogen-bond acceptors (Lipinski definition) is 3. The van der Waals surface area contributed by atoms with Gasteiger partial charge in [0.05, 0.1) is 10.7 Å². The van der Waals surface area contributed by atoms with Gasteiger partial charge in [-0.1, -0.05) is 47.5 Å². The fraction of sp³-hybridized carbons (Fsp3) is 0.0909. The number of aryl methyl sites for hydroxylation is 1. The van der Waals surface area contributed by atoms with Crippen molar-refractivity contribution < 1.29 is 9.53 Å². The van der Waals surface area contributed by atoms with E-state index in [1.54, 1.807) is 24.4 Å². The highest BCUT2D eigenvalue weighted by atomic mass is 79.9. The summed E-state index contributed by atoms with van der Waals surface area (Å²) in [5.74, 6) is 0.412. The lowest BCUT2D eigenvalue weighted by Gasteiger charge is -2.10. The van der Waals surface area contributed by atoms with Gasteiger partial charge in [-0.3, -0.25) is 4.79 Å². The molecule has 0 radical (unpaired) electrons. The number of benzene rings is 3. The molecular formula is C22H17BrCl2N2O2. The molecule has 3 rings (SSSR count). The molecule has 0 saturated heterocycles. The lowest BCUT2D eigenvalue weighted by atomic mass is 10.1. The third kappa shape index (κ3) is 5.82. The minimum Gasteiger partial charge on any atom is -0.488 e. The van der Waals surface area contributed by atoms with Gasteiger partial charge in [-0.05, 0) is 70.4 Å². The first kappa shape index (κ1) is 21.4. The summed E-state index contributed by atoms with van der Waals surface area (Å²) in [5.41, 5.74) is 5.67. The first-order chi connectivity index (χ1) is 13.9. The van der Waals surface area contributed by atoms with Crippen LogP contribution in [0.3, 0.4) is 0 Å². The van der Waals surface area contributed by atoms with Crippen LogP contribution in [0, 0.1) is 6.92 Å². The third-order valence-electron chi connectivity index (χ3n) is 4.12. The average Bonchev–Trinajstić information content (AvgIpc) is 2.69. The molecule has 0 saturated carbocycles. The van der Waals surface area contributed by atoms with Gasteiger partial charge in [0.1, 0.15) is 12.4 Å². The Balaban J connectivity index is 1.61. The van der Waals surface area contributed by atoms with Gasteiger partial charge in [0.15, 0.2) is 0 Å². The summed E-state index contributed by atoms with van der Waals surface area (Å²) < 4.78 is 6.58. The zero-order valence-electron chi connectivity index (χ0n) is 15.5. The summed E-state index contributed by atoms with van der Waals surface area (Å²) >= 11 is 15.6. The van der Waals surface area contributed by atoms with E-state index in [1.165, 1.54) is 0 Å². The Kier molecular flexibility index (Phi) is 7.31. The number of nitrogens with one attached hydrogen (secondary N) is 1. The summed E-state index contributed by atoms with van der Waals surface area (Å²) in [6, 6.07) is 18.1. The molecule has 1 N–H and O–H groups in total. The molecule has 0 unspecified atom stereocenters. The molecule has 0 aliphatic heterocycles. The van der Waals surface area contributed by atoms with E-state index in [0.717, 1.165) is 21.2 Å². The number of hydrazone groups is 1. The van der Waals surface area contributed by atoms with Crippen LogP contribution in [0.1, 0.15) is 27.0 Å². The molecule has 0 aromatic heterocycles. The highest BCUT2D eigenvalue weighted by Gasteiger charge is 2.07. The van der Waals surface area contributed by atoms with Crippen molar-refractivity contribution in [3.63, 3.8) is 0 Å². The van der Waals surface area contributed by atoms with E-state index in [2.05, 4.69) is 26.5 Å². The van der Waals surface area contributed by atoms with Crippen molar-refractivity contribution in [3.8, 4) is 5.75 Å². The highest BCUT2D eigenvalue weighted by Crippen LogP contribution is 2.28. The summed E-state index contributed by atoms with van der Waals surface area (Å²) in [5, 5.41) is 5.17. The molecule has 0 bridgehead atoms. The molecule has 0 fully saturated rings. The number of nitrogens with zero attached hydrogens (tertiary/aromatic N) is 1. The predicted octanol–water partition coefficient (Wildman–Crippen LogP) is 6.41. The van der Waals surface area contributed by atoms with Crippen LogP contribution in [0.15, 0.2) is 70.2 Å². The fourth-order valence-corrected chi connectivity index (χ4v) is 3.54. The van der Waals surface area contributed by atoms with Crippen LogP contribution in [0.25, 0.3) is 0 Å². The molecule has 3 aromatic carbocycles. The Morgan fingerprint density at radius 3 is 2.66 bits per heavy atom. The zero-order valence-corrected chi connectivity index (χ0v) is 18.6. The first-order valence-electron chi connectivity index (χ1n) is 8.69. The number of halogens is 3. The Morgan fingerprint density at radius 1 is 1.14 bits per heavy atom. The fourth-order valence-electron chi connectivity index (χ4n) is 2.56. The van der Waals surface area contributed by atoms with Crippen molar-refractivity contribution in [3.05, 3.63) is 97.4 Å². The van der Waals surface area contributed by atoms with Gasteiger partial charge in [0, 0.05) is 21.2 Å². The van der Waals surface area contributed by atoms with Crippen molar-refractivity contribution in [2.45, 2.75) is 13.5 Å². The lowest BCUT2D eigenvalue weighted by molar-refractivity contribution is 0.0954. The van der Waals surface area contributed by atoms with Crippen molar-refractivity contribution in [1.29, 1.82) is 0 Å². The van der Waals surface area contributed by atoms with E-state index < -0.39 is 0 Å². The molecule has 1 amide bonds. The maximum Gasteiger partial charge on any atom is 0.271 e. The van der Waals surface area contributed by atoms with Gasteiger partial charge >= 0.3 is 0 Å². The largest absolute Gasteiger partial charge is 0.488 e. The average molecular weight is 492 g/mol. The van der Waals surface area contributed by atoms with Gasteiger partial charge in [0.2, 0.25) is 0 Å². The Morgan fingerprint density at radius 2 is 1.93 bits per heavy atom. The van der Waals surface area contributed by atoms with E-state index in [4.69, 9.17) is 27.9 Å². The van der Waals surface area contributed by atoms with E-state index in [9.17, 15) is 4.79 Å². The van der Waals surface area contributed by atoms with Gasteiger partial charge < -0.3 is 4.74 Å². The van der Waals surface area contributed by atoms with Crippen LogP contribution in [-0.4, -0.2) is 12.1 Å². The highest BCUT2D eigenvalue weighted by molar-refractivity contribution is 9.10. The van der Waals surface area contributed by atoms with E-state index in [-0.39, 0.29) is 5.91 Å². The quantitative estimate of drug-likeness (QED) is 0.320. The van der Waals surface area contributed by atoms with Gasteiger partial charge in [0.25, 0.3) is 5.91 Å². The number of carbonyl (C=O) groups excluding carboxylic acids is 1. The number of amides is 1. The van der Waals surface area contributed by atoms with E-state index >= 15 is 0 Å². The minimum atomic E-state index is -0.252. The standard InChI is InChI=1S/C22H17BrCl2N2O2/c1-14-4-2-3-5-18(14)22(28)27-26-12-15-6-9-21(19(23)10-15)29-13-16-7-8-17(24)11-20(16)25/h2-12H,13H2,1H3,(H,27,28)/b26-12+. The number of ether oxygens (including phenoxy) is 1. The van der Waals surface area contributed by atoms with Crippen LogP contribution in [-0.2, 0) is 6.61 Å². The second-order valence-electron chi connectivity index (χ2n) is 6.23. The van der Waals surface area contributed by atoms with Crippen molar-refractivity contribution >= 4 is 51.3 Å². The molecule has 0 aliphatic rings. The van der Waals surface area contributed by atoms with Crippen molar-refractivity contribution in [2.75, 3.05) is 0 Å². The SMILES string of the molecule is Cc1ccccc1C(=O)N/N=C/c1ccc(OCc2ccc(Cl)cc2Cl)c(Br)c1.